The van der Waals surface area contributed by atoms with Crippen LogP contribution in [0.5, 0.6) is 0 Å². The summed E-state index contributed by atoms with van der Waals surface area (Å²) >= 11 is 5.94. The van der Waals surface area contributed by atoms with Crippen LogP contribution in [0.2, 0.25) is 5.02 Å². The first-order valence-electron chi connectivity index (χ1n) is 5.59. The Balaban J connectivity index is 2.24. The van der Waals surface area contributed by atoms with Gasteiger partial charge in [-0.15, -0.1) is 0 Å². The van der Waals surface area contributed by atoms with Gasteiger partial charge >= 0.3 is 0 Å². The zero-order valence-electron chi connectivity index (χ0n) is 10.2. The first-order chi connectivity index (χ1) is 8.49. The Bertz CT molecular complexity index is 549. The van der Waals surface area contributed by atoms with E-state index in [4.69, 9.17) is 11.6 Å². The lowest BCUT2D eigenvalue weighted by Gasteiger charge is -2.13. The summed E-state index contributed by atoms with van der Waals surface area (Å²) in [5.41, 5.74) is 2.38. The van der Waals surface area contributed by atoms with Gasteiger partial charge in [0.25, 0.3) is 0 Å². The molecule has 96 valence electrons. The van der Waals surface area contributed by atoms with Crippen LogP contribution in [0.25, 0.3) is 0 Å². The molecule has 0 fully saturated rings. The zero-order valence-corrected chi connectivity index (χ0v) is 10.9. The van der Waals surface area contributed by atoms with Gasteiger partial charge in [-0.2, -0.15) is 5.10 Å². The minimum Gasteiger partial charge on any atom is -0.386 e. The molecule has 2 aromatic rings. The van der Waals surface area contributed by atoms with E-state index in [-0.39, 0.29) is 5.82 Å². The van der Waals surface area contributed by atoms with E-state index in [1.807, 2.05) is 6.92 Å². The van der Waals surface area contributed by atoms with E-state index in [9.17, 15) is 9.50 Å². The van der Waals surface area contributed by atoms with Crippen molar-refractivity contribution in [1.29, 1.82) is 0 Å². The fourth-order valence-electron chi connectivity index (χ4n) is 2.03. The lowest BCUT2D eigenvalue weighted by atomic mass is 10.0. The molecule has 1 unspecified atom stereocenters. The molecule has 1 heterocycles. The highest BCUT2D eigenvalue weighted by Crippen LogP contribution is 2.25. The van der Waals surface area contributed by atoms with Gasteiger partial charge in [0, 0.05) is 18.5 Å². The van der Waals surface area contributed by atoms with Crippen molar-refractivity contribution in [3.05, 3.63) is 52.1 Å². The first kappa shape index (κ1) is 13.1. The van der Waals surface area contributed by atoms with Crippen LogP contribution in [-0.2, 0) is 13.5 Å². The molecule has 1 aromatic carbocycles. The standard InChI is InChI=1S/C13H14ClFN2O/c1-8-7-16-17(2)13(8)12(18)5-9-3-4-10(15)6-11(9)14/h3-4,6-7,12,18H,5H2,1-2H3. The van der Waals surface area contributed by atoms with Crippen molar-refractivity contribution in [2.24, 2.45) is 7.05 Å². The lowest BCUT2D eigenvalue weighted by Crippen LogP contribution is -2.09. The van der Waals surface area contributed by atoms with E-state index in [0.29, 0.717) is 17.0 Å². The Kier molecular flexibility index (Phi) is 3.68. The van der Waals surface area contributed by atoms with E-state index in [0.717, 1.165) is 11.3 Å². The third kappa shape index (κ3) is 2.54. The maximum absolute atomic E-state index is 12.9. The van der Waals surface area contributed by atoms with Gasteiger partial charge in [-0.05, 0) is 30.2 Å². The Morgan fingerprint density at radius 3 is 2.78 bits per heavy atom. The Labute approximate surface area is 110 Å². The number of aromatic nitrogens is 2. The van der Waals surface area contributed by atoms with Crippen molar-refractivity contribution < 1.29 is 9.50 Å². The average Bonchev–Trinajstić information content (AvgIpc) is 2.62. The summed E-state index contributed by atoms with van der Waals surface area (Å²) in [5.74, 6) is -0.380. The van der Waals surface area contributed by atoms with Crippen molar-refractivity contribution in [3.8, 4) is 0 Å². The molecule has 5 heteroatoms. The van der Waals surface area contributed by atoms with Gasteiger partial charge in [-0.3, -0.25) is 4.68 Å². The van der Waals surface area contributed by atoms with Crippen molar-refractivity contribution >= 4 is 11.6 Å². The minimum atomic E-state index is -0.708. The predicted octanol–water partition coefficient (Wildman–Crippen LogP) is 2.80. The van der Waals surface area contributed by atoms with E-state index >= 15 is 0 Å². The molecule has 18 heavy (non-hydrogen) atoms. The Hall–Kier alpha value is -1.39. The van der Waals surface area contributed by atoms with Gasteiger partial charge in [0.15, 0.2) is 0 Å². The van der Waals surface area contributed by atoms with Crippen molar-refractivity contribution in [2.45, 2.75) is 19.4 Å². The summed E-state index contributed by atoms with van der Waals surface area (Å²) in [6.07, 6.45) is 1.32. The van der Waals surface area contributed by atoms with Crippen LogP contribution in [0.4, 0.5) is 4.39 Å². The van der Waals surface area contributed by atoms with Crippen molar-refractivity contribution in [3.63, 3.8) is 0 Å². The molecule has 0 saturated carbocycles. The number of halogens is 2. The maximum atomic E-state index is 12.9. The molecule has 2 rings (SSSR count). The number of rotatable bonds is 3. The number of benzene rings is 1. The molecule has 0 aliphatic rings. The molecule has 0 spiro atoms. The molecule has 0 radical (unpaired) electrons. The van der Waals surface area contributed by atoms with Crippen LogP contribution in [0, 0.1) is 12.7 Å². The topological polar surface area (TPSA) is 38.0 Å². The van der Waals surface area contributed by atoms with Crippen LogP contribution in [0.3, 0.4) is 0 Å². The molecule has 3 nitrogen and oxygen atoms in total. The van der Waals surface area contributed by atoms with Crippen LogP contribution in [0.1, 0.15) is 22.9 Å². The molecule has 0 saturated heterocycles. The fraction of sp³-hybridized carbons (Fsp3) is 0.308. The Morgan fingerprint density at radius 1 is 1.50 bits per heavy atom. The monoisotopic (exact) mass is 268 g/mol. The van der Waals surface area contributed by atoms with E-state index in [1.165, 1.54) is 12.1 Å². The van der Waals surface area contributed by atoms with E-state index in [2.05, 4.69) is 5.10 Å². The molecular weight excluding hydrogens is 255 g/mol. The second-order valence-corrected chi connectivity index (χ2v) is 4.70. The molecule has 0 bridgehead atoms. The average molecular weight is 269 g/mol. The largest absolute Gasteiger partial charge is 0.386 e. The van der Waals surface area contributed by atoms with Crippen molar-refractivity contribution in [1.82, 2.24) is 9.78 Å². The highest BCUT2D eigenvalue weighted by atomic mass is 35.5. The molecule has 0 amide bonds. The predicted molar refractivity (Wildman–Crippen MR) is 68.0 cm³/mol. The van der Waals surface area contributed by atoms with Gasteiger partial charge in [0.2, 0.25) is 0 Å². The van der Waals surface area contributed by atoms with Crippen LogP contribution >= 0.6 is 11.6 Å². The van der Waals surface area contributed by atoms with Crippen LogP contribution < -0.4 is 0 Å². The lowest BCUT2D eigenvalue weighted by molar-refractivity contribution is 0.168. The molecule has 1 atom stereocenters. The van der Waals surface area contributed by atoms with Crippen LogP contribution in [-0.4, -0.2) is 14.9 Å². The third-order valence-corrected chi connectivity index (χ3v) is 3.27. The molecule has 0 aliphatic carbocycles. The van der Waals surface area contributed by atoms with Crippen LogP contribution in [0.15, 0.2) is 24.4 Å². The number of nitrogens with zero attached hydrogens (tertiary/aromatic N) is 2. The van der Waals surface area contributed by atoms with Gasteiger partial charge in [0.05, 0.1) is 18.0 Å². The highest BCUT2D eigenvalue weighted by molar-refractivity contribution is 6.31. The molecule has 1 aromatic heterocycles. The van der Waals surface area contributed by atoms with E-state index < -0.39 is 6.10 Å². The molecular formula is C13H14ClFN2O. The van der Waals surface area contributed by atoms with Gasteiger partial charge in [-0.1, -0.05) is 17.7 Å². The maximum Gasteiger partial charge on any atom is 0.124 e. The number of aryl methyl sites for hydroxylation is 2. The summed E-state index contributed by atoms with van der Waals surface area (Å²) in [7, 11) is 1.78. The Morgan fingerprint density at radius 2 is 2.22 bits per heavy atom. The first-order valence-corrected chi connectivity index (χ1v) is 5.97. The SMILES string of the molecule is Cc1cnn(C)c1C(O)Cc1ccc(F)cc1Cl. The third-order valence-electron chi connectivity index (χ3n) is 2.92. The number of aliphatic hydroxyl groups excluding tert-OH is 1. The quantitative estimate of drug-likeness (QED) is 0.930. The summed E-state index contributed by atoms with van der Waals surface area (Å²) < 4.78 is 14.6. The van der Waals surface area contributed by atoms with E-state index in [1.54, 1.807) is 24.0 Å². The smallest absolute Gasteiger partial charge is 0.124 e. The highest BCUT2D eigenvalue weighted by Gasteiger charge is 2.17. The van der Waals surface area contributed by atoms with Crippen molar-refractivity contribution in [2.75, 3.05) is 0 Å². The molecule has 0 aliphatic heterocycles. The number of hydrogen-bond acceptors (Lipinski definition) is 2. The van der Waals surface area contributed by atoms with Gasteiger partial charge in [0.1, 0.15) is 5.82 Å². The normalized spacial score (nSPS) is 12.7. The summed E-state index contributed by atoms with van der Waals surface area (Å²) in [5, 5.41) is 14.6. The fourth-order valence-corrected chi connectivity index (χ4v) is 2.27. The second-order valence-electron chi connectivity index (χ2n) is 4.29. The summed E-state index contributed by atoms with van der Waals surface area (Å²) in [4.78, 5) is 0. The zero-order chi connectivity index (χ0) is 13.3. The summed E-state index contributed by atoms with van der Waals surface area (Å²) in [6.45, 7) is 1.89. The minimum absolute atomic E-state index is 0.328. The molecule has 1 N–H and O–H groups in total. The van der Waals surface area contributed by atoms with Gasteiger partial charge < -0.3 is 5.11 Å². The van der Waals surface area contributed by atoms with Gasteiger partial charge in [-0.25, -0.2) is 4.39 Å². The number of hydrogen-bond donors (Lipinski definition) is 1. The summed E-state index contributed by atoms with van der Waals surface area (Å²) in [6, 6.07) is 4.18. The number of aliphatic hydroxyl groups is 1. The second kappa shape index (κ2) is 5.08.